The molecular formula is C25H18ClN3O5. The quantitative estimate of drug-likeness (QED) is 0.224. The van der Waals surface area contributed by atoms with E-state index in [1.54, 1.807) is 72.8 Å². The Hall–Kier alpha value is -4.27. The first-order valence-corrected chi connectivity index (χ1v) is 10.5. The van der Waals surface area contributed by atoms with Crippen LogP contribution in [-0.2, 0) is 10.4 Å². The molecule has 0 bridgehead atoms. The van der Waals surface area contributed by atoms with E-state index in [0.717, 1.165) is 0 Å². The average Bonchev–Trinajstić information content (AvgIpc) is 3.33. The molecule has 8 nitrogen and oxygen atoms in total. The maximum Gasteiger partial charge on any atom is 0.281 e. The fraction of sp³-hybridized carbons (Fsp3) is 0.0400. The molecule has 9 heteroatoms. The second kappa shape index (κ2) is 9.70. The van der Waals surface area contributed by atoms with Gasteiger partial charge in [0.15, 0.2) is 5.60 Å². The number of hydrogen-bond donors (Lipinski definition) is 2. The van der Waals surface area contributed by atoms with Crippen LogP contribution in [0.1, 0.15) is 16.9 Å². The molecule has 2 N–H and O–H groups in total. The van der Waals surface area contributed by atoms with Gasteiger partial charge in [-0.1, -0.05) is 72.3 Å². The maximum absolute atomic E-state index is 13.0. The van der Waals surface area contributed by atoms with Gasteiger partial charge in [-0.05, 0) is 29.3 Å². The zero-order valence-electron chi connectivity index (χ0n) is 17.6. The highest BCUT2D eigenvalue weighted by atomic mass is 35.5. The Kier molecular flexibility index (Phi) is 6.53. The molecule has 4 aromatic rings. The molecule has 170 valence electrons. The summed E-state index contributed by atoms with van der Waals surface area (Å²) in [7, 11) is 0. The number of benzene rings is 3. The molecule has 0 saturated carbocycles. The predicted octanol–water partition coefficient (Wildman–Crippen LogP) is 4.89. The Balaban J connectivity index is 1.54. The number of carbonyl (C=O) groups is 1. The number of rotatable bonds is 7. The Labute approximate surface area is 199 Å². The summed E-state index contributed by atoms with van der Waals surface area (Å²) in [4.78, 5) is 23.4. The number of nitrogens with zero attached hydrogens (tertiary/aromatic N) is 2. The molecule has 0 aliphatic rings. The number of nitro benzene ring substituents is 1. The zero-order chi connectivity index (χ0) is 24.1. The van der Waals surface area contributed by atoms with Crippen molar-refractivity contribution >= 4 is 29.4 Å². The fourth-order valence-electron chi connectivity index (χ4n) is 3.41. The van der Waals surface area contributed by atoms with E-state index in [2.05, 4.69) is 10.5 Å². The Morgan fingerprint density at radius 3 is 2.18 bits per heavy atom. The van der Waals surface area contributed by atoms with Crippen molar-refractivity contribution < 1.29 is 19.2 Å². The normalized spacial score (nSPS) is 11.5. The van der Waals surface area contributed by atoms with Gasteiger partial charge in [0.2, 0.25) is 0 Å². The largest absolute Gasteiger partial charge is 0.455 e. The topological polar surface area (TPSA) is 118 Å². The molecule has 0 spiro atoms. The van der Waals surface area contributed by atoms with Gasteiger partial charge in [-0.2, -0.15) is 5.10 Å². The van der Waals surface area contributed by atoms with E-state index < -0.39 is 16.4 Å². The summed E-state index contributed by atoms with van der Waals surface area (Å²) in [6.07, 6.45) is 1.27. The maximum atomic E-state index is 13.0. The second-order valence-electron chi connectivity index (χ2n) is 7.26. The highest BCUT2D eigenvalue weighted by Crippen LogP contribution is 2.32. The van der Waals surface area contributed by atoms with Crippen molar-refractivity contribution in [3.05, 3.63) is 123 Å². The number of nitro groups is 1. The van der Waals surface area contributed by atoms with Crippen molar-refractivity contribution in [1.29, 1.82) is 0 Å². The van der Waals surface area contributed by atoms with Crippen LogP contribution in [0.25, 0.3) is 11.3 Å². The van der Waals surface area contributed by atoms with Crippen molar-refractivity contribution in [3.63, 3.8) is 0 Å². The lowest BCUT2D eigenvalue weighted by molar-refractivity contribution is -0.384. The smallest absolute Gasteiger partial charge is 0.281 e. The van der Waals surface area contributed by atoms with Crippen LogP contribution in [0, 0.1) is 10.1 Å². The van der Waals surface area contributed by atoms with Crippen LogP contribution in [0.2, 0.25) is 5.02 Å². The third-order valence-corrected chi connectivity index (χ3v) is 5.44. The van der Waals surface area contributed by atoms with Crippen LogP contribution in [0.15, 0.2) is 101 Å². The summed E-state index contributed by atoms with van der Waals surface area (Å²) >= 11 is 6.15. The lowest BCUT2D eigenvalue weighted by Crippen LogP contribution is -2.43. The number of furan rings is 1. The summed E-state index contributed by atoms with van der Waals surface area (Å²) in [5, 5.41) is 26.4. The minimum absolute atomic E-state index is 0.130. The van der Waals surface area contributed by atoms with Gasteiger partial charge in [-0.15, -0.1) is 0 Å². The van der Waals surface area contributed by atoms with Gasteiger partial charge in [0.1, 0.15) is 11.5 Å². The summed E-state index contributed by atoms with van der Waals surface area (Å²) in [6.45, 7) is 0. The molecule has 0 aliphatic carbocycles. The first-order valence-electron chi connectivity index (χ1n) is 10.1. The lowest BCUT2D eigenvalue weighted by Gasteiger charge is -2.26. The minimum Gasteiger partial charge on any atom is -0.455 e. The summed E-state index contributed by atoms with van der Waals surface area (Å²) < 4.78 is 5.67. The van der Waals surface area contributed by atoms with Gasteiger partial charge in [0.05, 0.1) is 16.2 Å². The molecule has 0 fully saturated rings. The molecule has 0 atom stereocenters. The molecule has 4 rings (SSSR count). The van der Waals surface area contributed by atoms with Crippen molar-refractivity contribution in [2.24, 2.45) is 5.10 Å². The Morgan fingerprint density at radius 2 is 1.62 bits per heavy atom. The number of aliphatic hydroxyl groups is 1. The second-order valence-corrected chi connectivity index (χ2v) is 7.67. The molecule has 34 heavy (non-hydrogen) atoms. The number of hydrogen-bond acceptors (Lipinski definition) is 6. The van der Waals surface area contributed by atoms with Crippen molar-refractivity contribution in [2.45, 2.75) is 5.60 Å². The zero-order valence-corrected chi connectivity index (χ0v) is 18.3. The van der Waals surface area contributed by atoms with E-state index >= 15 is 0 Å². The van der Waals surface area contributed by atoms with E-state index in [1.165, 1.54) is 24.4 Å². The highest BCUT2D eigenvalue weighted by molar-refractivity contribution is 6.33. The predicted molar refractivity (Wildman–Crippen MR) is 127 cm³/mol. The molecule has 0 radical (unpaired) electrons. The first-order chi connectivity index (χ1) is 16.4. The molecular weight excluding hydrogens is 458 g/mol. The fourth-order valence-corrected chi connectivity index (χ4v) is 3.68. The minimum atomic E-state index is -1.96. The van der Waals surface area contributed by atoms with E-state index in [9.17, 15) is 20.0 Å². The first kappa shape index (κ1) is 22.9. The van der Waals surface area contributed by atoms with E-state index in [0.29, 0.717) is 28.2 Å². The number of amides is 1. The van der Waals surface area contributed by atoms with Crippen molar-refractivity contribution in [1.82, 2.24) is 5.43 Å². The number of nitrogens with one attached hydrogen (secondary N) is 1. The molecule has 0 saturated heterocycles. The van der Waals surface area contributed by atoms with Crippen LogP contribution < -0.4 is 5.43 Å². The lowest BCUT2D eigenvalue weighted by atomic mass is 9.85. The van der Waals surface area contributed by atoms with Gasteiger partial charge in [0, 0.05) is 17.7 Å². The summed E-state index contributed by atoms with van der Waals surface area (Å²) in [5.41, 5.74) is 1.53. The van der Waals surface area contributed by atoms with E-state index in [1.807, 2.05) is 0 Å². The van der Waals surface area contributed by atoms with Gasteiger partial charge < -0.3 is 9.52 Å². The standard InChI is InChI=1S/C25H18ClN3O5/c26-22-15-19(29(32)33)11-13-21(22)23-14-12-20(34-23)16-27-28-24(30)25(31,17-7-3-1-4-8-17)18-9-5-2-6-10-18/h1-16,31H,(H,28,30)/b27-16-. The van der Waals surface area contributed by atoms with Crippen LogP contribution in [0.5, 0.6) is 0 Å². The number of hydrazone groups is 1. The van der Waals surface area contributed by atoms with Gasteiger partial charge in [-0.25, -0.2) is 5.43 Å². The van der Waals surface area contributed by atoms with Crippen LogP contribution in [-0.4, -0.2) is 22.2 Å². The molecule has 3 aromatic carbocycles. The van der Waals surface area contributed by atoms with Crippen molar-refractivity contribution in [3.8, 4) is 11.3 Å². The van der Waals surface area contributed by atoms with Gasteiger partial charge in [0.25, 0.3) is 11.6 Å². The molecule has 1 amide bonds. The number of halogens is 1. The van der Waals surface area contributed by atoms with Crippen LogP contribution >= 0.6 is 11.6 Å². The Bertz CT molecular complexity index is 1310. The number of non-ortho nitro benzene ring substituents is 1. The van der Waals surface area contributed by atoms with Crippen LogP contribution in [0.3, 0.4) is 0 Å². The Morgan fingerprint density at radius 1 is 1.00 bits per heavy atom. The summed E-state index contributed by atoms with van der Waals surface area (Å²) in [6, 6.07) is 24.4. The third-order valence-electron chi connectivity index (χ3n) is 5.13. The van der Waals surface area contributed by atoms with E-state index in [-0.39, 0.29) is 10.7 Å². The van der Waals surface area contributed by atoms with Crippen LogP contribution in [0.4, 0.5) is 5.69 Å². The highest BCUT2D eigenvalue weighted by Gasteiger charge is 2.39. The summed E-state index contributed by atoms with van der Waals surface area (Å²) in [5.74, 6) is -0.0724. The number of carbonyl (C=O) groups excluding carboxylic acids is 1. The third kappa shape index (κ3) is 4.59. The average molecular weight is 476 g/mol. The molecule has 0 unspecified atom stereocenters. The molecule has 0 aliphatic heterocycles. The van der Waals surface area contributed by atoms with Crippen molar-refractivity contribution in [2.75, 3.05) is 0 Å². The SMILES string of the molecule is O=C(N/N=C\c1ccc(-c2ccc([N+](=O)[O-])cc2Cl)o1)C(O)(c1ccccc1)c1ccccc1. The monoisotopic (exact) mass is 475 g/mol. The van der Waals surface area contributed by atoms with Gasteiger partial charge >= 0.3 is 0 Å². The molecule has 1 aromatic heterocycles. The van der Waals surface area contributed by atoms with Gasteiger partial charge in [-0.3, -0.25) is 14.9 Å². The van der Waals surface area contributed by atoms with E-state index in [4.69, 9.17) is 16.0 Å². The molecule has 1 heterocycles.